The van der Waals surface area contributed by atoms with Crippen LogP contribution in [-0.2, 0) is 28.6 Å². The highest BCUT2D eigenvalue weighted by atomic mass is 16.5. The van der Waals surface area contributed by atoms with Crippen molar-refractivity contribution in [2.75, 3.05) is 41.0 Å². The maximum Gasteiger partial charge on any atom is 0.333 e. The summed E-state index contributed by atoms with van der Waals surface area (Å²) >= 11 is 0. The Morgan fingerprint density at radius 2 is 1.21 bits per heavy atom. The van der Waals surface area contributed by atoms with E-state index >= 15 is 0 Å². The topological polar surface area (TPSA) is 82.1 Å². The fourth-order valence-corrected chi connectivity index (χ4v) is 0.984. The Balaban J connectivity index is -0.000000343. The van der Waals surface area contributed by atoms with Crippen molar-refractivity contribution in [2.45, 2.75) is 34.6 Å². The van der Waals surface area contributed by atoms with E-state index in [1.165, 1.54) is 7.11 Å². The Morgan fingerprint density at radius 3 is 1.46 bits per heavy atom. The van der Waals surface area contributed by atoms with Gasteiger partial charge in [-0.25, -0.2) is 14.4 Å². The maximum atomic E-state index is 10.8. The summed E-state index contributed by atoms with van der Waals surface area (Å²) in [6.07, 6.45) is 0. The number of esters is 3. The molecule has 0 saturated heterocycles. The van der Waals surface area contributed by atoms with Gasteiger partial charge in [0.25, 0.3) is 0 Å². The quantitative estimate of drug-likeness (QED) is 0.352. The maximum absolute atomic E-state index is 10.8. The van der Waals surface area contributed by atoms with Gasteiger partial charge < -0.3 is 19.1 Å². The van der Waals surface area contributed by atoms with Crippen molar-refractivity contribution in [3.8, 4) is 0 Å². The van der Waals surface area contributed by atoms with Gasteiger partial charge in [0.05, 0.1) is 13.7 Å². The van der Waals surface area contributed by atoms with Crippen LogP contribution >= 0.6 is 0 Å². The summed E-state index contributed by atoms with van der Waals surface area (Å²) < 4.78 is 13.9. The van der Waals surface area contributed by atoms with Crippen molar-refractivity contribution in [1.29, 1.82) is 0 Å². The van der Waals surface area contributed by atoms with Crippen molar-refractivity contribution < 1.29 is 28.6 Å². The highest BCUT2D eigenvalue weighted by Crippen LogP contribution is 1.97. The zero-order valence-corrected chi connectivity index (χ0v) is 18.7. The van der Waals surface area contributed by atoms with Gasteiger partial charge in [-0.15, -0.1) is 0 Å². The highest BCUT2D eigenvalue weighted by molar-refractivity contribution is 5.87. The molecule has 0 aromatic heterocycles. The summed E-state index contributed by atoms with van der Waals surface area (Å²) in [5.41, 5.74) is 1.34. The monoisotopic (exact) mass is 399 g/mol. The highest BCUT2D eigenvalue weighted by Gasteiger charge is 2.03. The minimum atomic E-state index is -0.347. The fourth-order valence-electron chi connectivity index (χ4n) is 0.984. The van der Waals surface area contributed by atoms with E-state index in [-0.39, 0.29) is 17.9 Å². The van der Waals surface area contributed by atoms with Gasteiger partial charge in [0.1, 0.15) is 6.61 Å². The summed E-state index contributed by atoms with van der Waals surface area (Å²) in [6.45, 7) is 20.8. The number of carbonyl (C=O) groups is 3. The van der Waals surface area contributed by atoms with Gasteiger partial charge in [-0.2, -0.15) is 0 Å². The van der Waals surface area contributed by atoms with Crippen molar-refractivity contribution in [1.82, 2.24) is 4.90 Å². The molecular weight excluding hydrogens is 362 g/mol. The SMILES string of the molecule is C=C(C)C(=O)OC.C=C(C)C(=O)OCC(C)C.C=C(C)C(=O)OCCN(C)C. The largest absolute Gasteiger partial charge is 0.466 e. The molecule has 0 radical (unpaired) electrons. The Kier molecular flexibility index (Phi) is 19.5. The van der Waals surface area contributed by atoms with Crippen LogP contribution in [-0.4, -0.2) is 63.8 Å². The average Bonchev–Trinajstić information content (AvgIpc) is 2.59. The molecule has 162 valence electrons. The van der Waals surface area contributed by atoms with E-state index in [2.05, 4.69) is 24.5 Å². The number of carbonyl (C=O) groups excluding carboxylic acids is 3. The third kappa shape index (κ3) is 23.6. The molecule has 0 aliphatic heterocycles. The molecule has 0 aromatic rings. The minimum Gasteiger partial charge on any atom is -0.466 e. The predicted octanol–water partition coefficient (Wildman–Crippen LogP) is 3.16. The van der Waals surface area contributed by atoms with Crippen LogP contribution in [0, 0.1) is 5.92 Å². The second-order valence-electron chi connectivity index (χ2n) is 6.76. The molecule has 0 aliphatic rings. The zero-order chi connectivity index (χ0) is 22.9. The third-order valence-electron chi connectivity index (χ3n) is 2.55. The van der Waals surface area contributed by atoms with Gasteiger partial charge in [-0.05, 0) is 40.8 Å². The van der Waals surface area contributed by atoms with E-state index in [4.69, 9.17) is 9.47 Å². The predicted molar refractivity (Wildman–Crippen MR) is 112 cm³/mol. The van der Waals surface area contributed by atoms with E-state index in [1.807, 2.05) is 32.8 Å². The summed E-state index contributed by atoms with van der Waals surface area (Å²) in [4.78, 5) is 33.6. The molecule has 7 heteroatoms. The summed E-state index contributed by atoms with van der Waals surface area (Å²) in [5.74, 6) is -0.566. The van der Waals surface area contributed by atoms with Gasteiger partial charge in [-0.3, -0.25) is 0 Å². The first-order valence-corrected chi connectivity index (χ1v) is 8.79. The number of likely N-dealkylation sites (N-methyl/N-ethyl adjacent to an activating group) is 1. The van der Waals surface area contributed by atoms with Gasteiger partial charge >= 0.3 is 17.9 Å². The first-order chi connectivity index (χ1) is 12.8. The van der Waals surface area contributed by atoms with E-state index in [9.17, 15) is 14.4 Å². The van der Waals surface area contributed by atoms with Crippen molar-refractivity contribution >= 4 is 17.9 Å². The number of methoxy groups -OCH3 is 1. The molecule has 0 unspecified atom stereocenters. The number of hydrogen-bond donors (Lipinski definition) is 0. The van der Waals surface area contributed by atoms with Gasteiger partial charge in [0.2, 0.25) is 0 Å². The Labute approximate surface area is 170 Å². The lowest BCUT2D eigenvalue weighted by molar-refractivity contribution is -0.140. The molecule has 7 nitrogen and oxygen atoms in total. The van der Waals surface area contributed by atoms with Gasteiger partial charge in [-0.1, -0.05) is 33.6 Å². The second-order valence-corrected chi connectivity index (χ2v) is 6.76. The molecule has 0 aromatic carbocycles. The van der Waals surface area contributed by atoms with Crippen LogP contribution in [0.2, 0.25) is 0 Å². The molecular formula is C21H37NO6. The van der Waals surface area contributed by atoms with Crippen LogP contribution in [0.25, 0.3) is 0 Å². The summed E-state index contributed by atoms with van der Waals surface area (Å²) in [7, 11) is 5.18. The zero-order valence-electron chi connectivity index (χ0n) is 18.7. The van der Waals surface area contributed by atoms with Crippen molar-refractivity contribution in [2.24, 2.45) is 5.92 Å². The van der Waals surface area contributed by atoms with Crippen molar-refractivity contribution in [3.63, 3.8) is 0 Å². The molecule has 0 amide bonds. The summed E-state index contributed by atoms with van der Waals surface area (Å²) in [5, 5.41) is 0. The molecule has 28 heavy (non-hydrogen) atoms. The molecule has 0 spiro atoms. The van der Waals surface area contributed by atoms with Crippen LogP contribution in [0.4, 0.5) is 0 Å². The normalized spacial score (nSPS) is 9.21. The Bertz CT molecular complexity index is 535. The van der Waals surface area contributed by atoms with E-state index < -0.39 is 0 Å². The molecule has 0 atom stereocenters. The lowest BCUT2D eigenvalue weighted by Gasteiger charge is -2.09. The first kappa shape index (κ1) is 30.3. The number of hydrogen-bond acceptors (Lipinski definition) is 7. The second kappa shape index (κ2) is 18.0. The number of rotatable bonds is 8. The standard InChI is InChI=1S/C8H15NO2.C8H14O2.C5H8O2/c1-7(2)8(10)11-6-5-9(3)4;1-6(2)5-10-8(9)7(3)4;1-4(2)5(6)7-3/h1,5-6H2,2-4H3;6H,3,5H2,1-2,4H3;1H2,2-3H3. The lowest BCUT2D eigenvalue weighted by atomic mass is 10.2. The molecule has 0 rings (SSSR count). The van der Waals surface area contributed by atoms with E-state index in [0.29, 0.717) is 35.9 Å². The molecule has 0 saturated carbocycles. The van der Waals surface area contributed by atoms with Gasteiger partial charge in [0, 0.05) is 23.3 Å². The summed E-state index contributed by atoms with van der Waals surface area (Å²) in [6, 6.07) is 0. The van der Waals surface area contributed by atoms with Crippen LogP contribution in [0.3, 0.4) is 0 Å². The number of ether oxygens (including phenoxy) is 3. The molecule has 0 N–H and O–H groups in total. The third-order valence-corrected chi connectivity index (χ3v) is 2.55. The fraction of sp³-hybridized carbons (Fsp3) is 0.571. The van der Waals surface area contributed by atoms with Crippen LogP contribution in [0.15, 0.2) is 36.5 Å². The van der Waals surface area contributed by atoms with Crippen LogP contribution in [0.5, 0.6) is 0 Å². The van der Waals surface area contributed by atoms with Crippen LogP contribution in [0.1, 0.15) is 34.6 Å². The number of nitrogens with zero attached hydrogens (tertiary/aromatic N) is 1. The minimum absolute atomic E-state index is 0.297. The Hall–Kier alpha value is -2.41. The van der Waals surface area contributed by atoms with E-state index in [0.717, 1.165) is 6.54 Å². The Morgan fingerprint density at radius 1 is 0.821 bits per heavy atom. The first-order valence-electron chi connectivity index (χ1n) is 8.79. The van der Waals surface area contributed by atoms with Gasteiger partial charge in [0.15, 0.2) is 0 Å². The van der Waals surface area contributed by atoms with E-state index in [1.54, 1.807) is 20.8 Å². The smallest absolute Gasteiger partial charge is 0.333 e. The molecule has 0 bridgehead atoms. The molecule has 0 fully saturated rings. The van der Waals surface area contributed by atoms with Crippen molar-refractivity contribution in [3.05, 3.63) is 36.5 Å². The molecule has 0 aliphatic carbocycles. The average molecular weight is 400 g/mol. The lowest BCUT2D eigenvalue weighted by Crippen LogP contribution is -2.20. The molecule has 0 heterocycles. The van der Waals surface area contributed by atoms with Crippen LogP contribution < -0.4 is 0 Å².